The van der Waals surface area contributed by atoms with Gasteiger partial charge in [0.2, 0.25) is 0 Å². The van der Waals surface area contributed by atoms with Crippen LogP contribution in [0.15, 0.2) is 69.3 Å². The summed E-state index contributed by atoms with van der Waals surface area (Å²) < 4.78 is 93.6. The molecule has 0 aliphatic rings. The minimum absolute atomic E-state index is 0.0490. The Bertz CT molecular complexity index is 2320. The van der Waals surface area contributed by atoms with Gasteiger partial charge in [0.15, 0.2) is 17.3 Å². The SMILES string of the molecule is O=C(COS(=O)(=O)c1ccc(Cl)c(Cl)c1Cl)c1ccc(OS(=O)(=O)c2ccc(Cl)c(Cl)c2Cl)c(OS(=O)(=O)c2ccc(Cl)c(Cl)c2Cl)c1. The quantitative estimate of drug-likeness (QED) is 0.0810. The van der Waals surface area contributed by atoms with Gasteiger partial charge in [-0.1, -0.05) is 104 Å². The Morgan fingerprint density at radius 1 is 0.479 bits per heavy atom. The van der Waals surface area contributed by atoms with Crippen molar-refractivity contribution in [3.63, 3.8) is 0 Å². The lowest BCUT2D eigenvalue weighted by atomic mass is 10.1. The molecule has 10 nitrogen and oxygen atoms in total. The Hall–Kier alpha value is -1.43. The number of carbonyl (C=O) groups is 1. The van der Waals surface area contributed by atoms with E-state index >= 15 is 0 Å². The summed E-state index contributed by atoms with van der Waals surface area (Å²) in [5.41, 5.74) is -0.437. The molecule has 0 aliphatic carbocycles. The molecule has 0 bridgehead atoms. The van der Waals surface area contributed by atoms with Gasteiger partial charge >= 0.3 is 20.2 Å². The van der Waals surface area contributed by atoms with Gasteiger partial charge in [0.1, 0.15) is 21.3 Å². The molecule has 0 spiro atoms. The smallest absolute Gasteiger partial charge is 0.340 e. The Kier molecular flexibility index (Phi) is 12.3. The first-order valence-corrected chi connectivity index (χ1v) is 19.7. The number of rotatable bonds is 11. The van der Waals surface area contributed by atoms with Gasteiger partial charge < -0.3 is 8.37 Å². The molecule has 4 aromatic rings. The number of Topliss-reactive ketones (excluding diaryl/α,β-unsaturated/α-hetero) is 1. The summed E-state index contributed by atoms with van der Waals surface area (Å²) in [6.07, 6.45) is 0. The van der Waals surface area contributed by atoms with Gasteiger partial charge in [-0.2, -0.15) is 25.3 Å². The van der Waals surface area contributed by atoms with Crippen molar-refractivity contribution in [2.24, 2.45) is 0 Å². The summed E-state index contributed by atoms with van der Waals surface area (Å²) in [6, 6.07) is 8.77. The van der Waals surface area contributed by atoms with Crippen LogP contribution in [0, 0.1) is 0 Å². The van der Waals surface area contributed by atoms with Crippen molar-refractivity contribution in [1.82, 2.24) is 0 Å². The lowest BCUT2D eigenvalue weighted by molar-refractivity contribution is 0.0924. The van der Waals surface area contributed by atoms with Gasteiger partial charge in [-0.05, 0) is 54.6 Å². The third-order valence-corrected chi connectivity index (χ3v) is 13.9. The highest BCUT2D eigenvalue weighted by Gasteiger charge is 2.30. The highest BCUT2D eigenvalue weighted by Crippen LogP contribution is 2.41. The zero-order chi connectivity index (χ0) is 35.9. The number of hydrogen-bond acceptors (Lipinski definition) is 10. The van der Waals surface area contributed by atoms with Crippen molar-refractivity contribution >= 4 is 141 Å². The summed E-state index contributed by atoms with van der Waals surface area (Å²) in [5.74, 6) is -2.74. The summed E-state index contributed by atoms with van der Waals surface area (Å²) in [7, 11) is -14.5. The first-order valence-electron chi connectivity index (χ1n) is 12.0. The molecule has 0 radical (unpaired) electrons. The molecule has 0 fully saturated rings. The number of benzene rings is 4. The van der Waals surface area contributed by atoms with Crippen LogP contribution >= 0.6 is 104 Å². The van der Waals surface area contributed by atoms with Crippen LogP contribution < -0.4 is 8.37 Å². The zero-order valence-corrected chi connectivity index (χ0v) is 31.9. The van der Waals surface area contributed by atoms with Crippen molar-refractivity contribution in [2.45, 2.75) is 14.7 Å². The first-order chi connectivity index (χ1) is 22.2. The fraction of sp³-hybridized carbons (Fsp3) is 0.0385. The molecule has 0 saturated heterocycles. The number of hydrogen-bond donors (Lipinski definition) is 0. The van der Waals surface area contributed by atoms with E-state index in [2.05, 4.69) is 0 Å². The number of halogens is 9. The highest BCUT2D eigenvalue weighted by molar-refractivity contribution is 7.87. The Balaban J connectivity index is 1.75. The van der Waals surface area contributed by atoms with Gasteiger partial charge in [0.05, 0.1) is 45.2 Å². The fourth-order valence-corrected chi connectivity index (χ4v) is 9.13. The van der Waals surface area contributed by atoms with Crippen molar-refractivity contribution < 1.29 is 42.6 Å². The Labute approximate surface area is 318 Å². The molecule has 0 unspecified atom stereocenters. The summed E-state index contributed by atoms with van der Waals surface area (Å²) >= 11 is 53.5. The lowest BCUT2D eigenvalue weighted by Gasteiger charge is -2.15. The molecule has 0 aromatic heterocycles. The average Bonchev–Trinajstić information content (AvgIpc) is 3.00. The normalized spacial score (nSPS) is 12.2. The second-order valence-electron chi connectivity index (χ2n) is 8.90. The molecule has 0 saturated carbocycles. The van der Waals surface area contributed by atoms with Crippen molar-refractivity contribution in [2.75, 3.05) is 6.61 Å². The van der Waals surface area contributed by atoms with Crippen LogP contribution in [0.5, 0.6) is 11.5 Å². The van der Waals surface area contributed by atoms with E-state index in [1.165, 1.54) is 0 Å². The number of carbonyl (C=O) groups excluding carboxylic acids is 1. The zero-order valence-electron chi connectivity index (χ0n) is 22.6. The standard InChI is InChI=1S/C26H11Cl9O10S3/c27-12-2-6-18(24(33)21(12)30)46(37,38)43-10-15(36)11-1-5-16(44-47(39,40)19-7-3-13(28)22(31)25(19)34)17(9-11)45-48(41,42)20-8-4-14(29)23(32)26(20)35/h1-9H,10H2. The molecule has 4 aromatic carbocycles. The van der Waals surface area contributed by atoms with E-state index in [-0.39, 0.29) is 30.1 Å². The minimum atomic E-state index is -4.96. The molecule has 4 rings (SSSR count). The second kappa shape index (κ2) is 15.0. The third kappa shape index (κ3) is 8.37. The highest BCUT2D eigenvalue weighted by atomic mass is 35.5. The first kappa shape index (κ1) is 39.4. The summed E-state index contributed by atoms with van der Waals surface area (Å²) in [5, 5.41) is -2.72. The predicted molar refractivity (Wildman–Crippen MR) is 184 cm³/mol. The summed E-state index contributed by atoms with van der Waals surface area (Å²) in [6.45, 7) is -1.15. The Morgan fingerprint density at radius 2 is 0.854 bits per heavy atom. The van der Waals surface area contributed by atoms with Crippen LogP contribution in [0.4, 0.5) is 0 Å². The topological polar surface area (TPSA) is 147 Å². The average molecular weight is 899 g/mol. The van der Waals surface area contributed by atoms with Crippen LogP contribution in [0.2, 0.25) is 45.2 Å². The largest absolute Gasteiger partial charge is 0.375 e. The van der Waals surface area contributed by atoms with Crippen molar-refractivity contribution in [3.05, 3.63) is 105 Å². The molecule has 256 valence electrons. The predicted octanol–water partition coefficient (Wildman–Crippen LogP) is 9.69. The fourth-order valence-electron chi connectivity index (χ4n) is 3.52. The van der Waals surface area contributed by atoms with Crippen molar-refractivity contribution in [1.29, 1.82) is 0 Å². The Morgan fingerprint density at radius 3 is 1.27 bits per heavy atom. The van der Waals surface area contributed by atoms with E-state index in [4.69, 9.17) is 117 Å². The van der Waals surface area contributed by atoms with Gasteiger partial charge in [0, 0.05) is 5.56 Å². The van der Waals surface area contributed by atoms with E-state index in [0.29, 0.717) is 0 Å². The van der Waals surface area contributed by atoms with Gasteiger partial charge in [-0.3, -0.25) is 8.98 Å². The van der Waals surface area contributed by atoms with Crippen LogP contribution in [-0.4, -0.2) is 37.6 Å². The molecular weight excluding hydrogens is 888 g/mol. The van der Waals surface area contributed by atoms with E-state index in [0.717, 1.165) is 54.6 Å². The van der Waals surface area contributed by atoms with Crippen molar-refractivity contribution in [3.8, 4) is 11.5 Å². The molecule has 0 aliphatic heterocycles. The van der Waals surface area contributed by atoms with E-state index < -0.39 is 89.6 Å². The van der Waals surface area contributed by atoms with E-state index in [1.54, 1.807) is 0 Å². The molecule has 0 atom stereocenters. The van der Waals surface area contributed by atoms with E-state index in [9.17, 15) is 30.0 Å². The van der Waals surface area contributed by atoms with Gasteiger partial charge in [-0.25, -0.2) is 0 Å². The molecular formula is C26H11Cl9O10S3. The monoisotopic (exact) mass is 894 g/mol. The molecule has 0 amide bonds. The molecule has 22 heteroatoms. The molecule has 0 N–H and O–H groups in total. The van der Waals surface area contributed by atoms with E-state index in [1.807, 2.05) is 0 Å². The van der Waals surface area contributed by atoms with Gasteiger partial charge in [-0.15, -0.1) is 0 Å². The number of ketones is 1. The van der Waals surface area contributed by atoms with Gasteiger partial charge in [0.25, 0.3) is 10.1 Å². The van der Waals surface area contributed by atoms with Crippen LogP contribution in [-0.2, 0) is 34.5 Å². The third-order valence-electron chi connectivity index (χ3n) is 5.82. The molecule has 0 heterocycles. The maximum absolute atomic E-state index is 13.3. The lowest BCUT2D eigenvalue weighted by Crippen LogP contribution is -2.17. The maximum atomic E-state index is 13.3. The van der Waals surface area contributed by atoms with Crippen LogP contribution in [0.1, 0.15) is 10.4 Å². The minimum Gasteiger partial charge on any atom is -0.375 e. The maximum Gasteiger partial charge on any atom is 0.340 e. The van der Waals surface area contributed by atoms with Crippen LogP contribution in [0.3, 0.4) is 0 Å². The summed E-state index contributed by atoms with van der Waals surface area (Å²) in [4.78, 5) is 11.1. The molecule has 48 heavy (non-hydrogen) atoms. The van der Waals surface area contributed by atoms with Crippen LogP contribution in [0.25, 0.3) is 0 Å². The second-order valence-corrected chi connectivity index (χ2v) is 17.0.